The first kappa shape index (κ1) is 14.6. The summed E-state index contributed by atoms with van der Waals surface area (Å²) < 4.78 is 13.1. The van der Waals surface area contributed by atoms with Crippen LogP contribution >= 0.6 is 0 Å². The minimum absolute atomic E-state index is 0.0276. The molecular formula is C14H21FN2O. The molecule has 1 amide bonds. The molecule has 100 valence electrons. The number of carbonyl (C=O) groups excluding carboxylic acids is 1. The van der Waals surface area contributed by atoms with E-state index in [0.29, 0.717) is 6.42 Å². The lowest BCUT2D eigenvalue weighted by Crippen LogP contribution is -2.34. The van der Waals surface area contributed by atoms with Crippen molar-refractivity contribution >= 4 is 5.91 Å². The van der Waals surface area contributed by atoms with Crippen molar-refractivity contribution in [3.63, 3.8) is 0 Å². The average Bonchev–Trinajstić information content (AvgIpc) is 2.28. The monoisotopic (exact) mass is 252 g/mol. The van der Waals surface area contributed by atoms with Crippen LogP contribution in [0.5, 0.6) is 0 Å². The van der Waals surface area contributed by atoms with Crippen LogP contribution in [0.25, 0.3) is 0 Å². The lowest BCUT2D eigenvalue weighted by atomic mass is 10.1. The normalized spacial score (nSPS) is 14.0. The van der Waals surface area contributed by atoms with Crippen molar-refractivity contribution in [1.82, 2.24) is 10.6 Å². The van der Waals surface area contributed by atoms with Gasteiger partial charge in [0.05, 0.1) is 6.04 Å². The van der Waals surface area contributed by atoms with E-state index in [1.54, 1.807) is 6.07 Å². The van der Waals surface area contributed by atoms with Gasteiger partial charge in [0.2, 0.25) is 5.91 Å². The smallest absolute Gasteiger partial charge is 0.222 e. The maximum absolute atomic E-state index is 13.1. The topological polar surface area (TPSA) is 41.1 Å². The van der Waals surface area contributed by atoms with Gasteiger partial charge in [-0.15, -0.1) is 0 Å². The van der Waals surface area contributed by atoms with Crippen LogP contribution in [0.3, 0.4) is 0 Å². The summed E-state index contributed by atoms with van der Waals surface area (Å²) in [5.74, 6) is -0.310. The van der Waals surface area contributed by atoms with Gasteiger partial charge in [-0.05, 0) is 38.1 Å². The maximum atomic E-state index is 13.1. The van der Waals surface area contributed by atoms with Gasteiger partial charge in [0, 0.05) is 12.5 Å². The number of halogens is 1. The summed E-state index contributed by atoms with van der Waals surface area (Å²) in [6.07, 6.45) is 0.424. The van der Waals surface area contributed by atoms with Gasteiger partial charge in [0.1, 0.15) is 5.82 Å². The fourth-order valence-corrected chi connectivity index (χ4v) is 1.86. The molecule has 18 heavy (non-hydrogen) atoms. The largest absolute Gasteiger partial charge is 0.350 e. The van der Waals surface area contributed by atoms with Gasteiger partial charge in [-0.2, -0.15) is 0 Å². The van der Waals surface area contributed by atoms with E-state index in [1.807, 2.05) is 26.8 Å². The number of amides is 1. The van der Waals surface area contributed by atoms with Gasteiger partial charge in [-0.1, -0.05) is 19.1 Å². The molecule has 0 saturated carbocycles. The van der Waals surface area contributed by atoms with Crippen LogP contribution in [0.2, 0.25) is 0 Å². The third kappa shape index (κ3) is 4.84. The molecular weight excluding hydrogens is 231 g/mol. The van der Waals surface area contributed by atoms with Crippen molar-refractivity contribution < 1.29 is 9.18 Å². The first-order valence-electron chi connectivity index (χ1n) is 6.31. The zero-order chi connectivity index (χ0) is 13.5. The molecule has 2 N–H and O–H groups in total. The third-order valence-electron chi connectivity index (χ3n) is 2.77. The van der Waals surface area contributed by atoms with Gasteiger partial charge in [-0.3, -0.25) is 4.79 Å². The second kappa shape index (κ2) is 7.11. The van der Waals surface area contributed by atoms with Crippen molar-refractivity contribution in [2.75, 3.05) is 6.54 Å². The molecule has 4 heteroatoms. The molecule has 0 heterocycles. The van der Waals surface area contributed by atoms with E-state index in [1.165, 1.54) is 12.1 Å². The summed E-state index contributed by atoms with van der Waals surface area (Å²) in [5.41, 5.74) is 0.777. The highest BCUT2D eigenvalue weighted by Crippen LogP contribution is 2.13. The number of carbonyl (C=O) groups is 1. The van der Waals surface area contributed by atoms with Gasteiger partial charge >= 0.3 is 0 Å². The van der Waals surface area contributed by atoms with E-state index in [9.17, 15) is 9.18 Å². The molecule has 0 fully saturated rings. The molecule has 0 bridgehead atoms. The maximum Gasteiger partial charge on any atom is 0.222 e. The Morgan fingerprint density at radius 1 is 1.39 bits per heavy atom. The minimum atomic E-state index is -0.283. The van der Waals surface area contributed by atoms with Crippen LogP contribution in [0.15, 0.2) is 24.3 Å². The fraction of sp³-hybridized carbons (Fsp3) is 0.500. The number of nitrogens with one attached hydrogen (secondary N) is 2. The zero-order valence-electron chi connectivity index (χ0n) is 11.2. The van der Waals surface area contributed by atoms with E-state index in [0.717, 1.165) is 12.1 Å². The molecule has 1 aromatic carbocycles. The van der Waals surface area contributed by atoms with E-state index in [-0.39, 0.29) is 23.8 Å². The summed E-state index contributed by atoms with van der Waals surface area (Å²) >= 11 is 0. The summed E-state index contributed by atoms with van der Waals surface area (Å²) in [6.45, 7) is 6.66. The Balaban J connectivity index is 2.49. The van der Waals surface area contributed by atoms with Crippen LogP contribution in [0.1, 0.15) is 38.8 Å². The molecule has 0 aromatic heterocycles. The highest BCUT2D eigenvalue weighted by molar-refractivity contribution is 5.77. The Bertz CT molecular complexity index is 395. The van der Waals surface area contributed by atoms with Crippen LogP contribution in [0, 0.1) is 5.82 Å². The average molecular weight is 252 g/mol. The van der Waals surface area contributed by atoms with Gasteiger partial charge in [0.25, 0.3) is 0 Å². The van der Waals surface area contributed by atoms with Crippen LogP contribution in [-0.2, 0) is 4.79 Å². The molecule has 2 atom stereocenters. The highest BCUT2D eigenvalue weighted by Gasteiger charge is 2.12. The minimum Gasteiger partial charge on any atom is -0.350 e. The van der Waals surface area contributed by atoms with Crippen LogP contribution in [0.4, 0.5) is 4.39 Å². The molecule has 0 radical (unpaired) electrons. The summed E-state index contributed by atoms with van der Waals surface area (Å²) in [7, 11) is 0. The van der Waals surface area contributed by atoms with E-state index in [2.05, 4.69) is 10.6 Å². The predicted octanol–water partition coefficient (Wildman–Crippen LogP) is 2.39. The molecule has 0 aliphatic heterocycles. The zero-order valence-corrected chi connectivity index (χ0v) is 11.2. The first-order chi connectivity index (χ1) is 8.52. The molecule has 1 unspecified atom stereocenters. The van der Waals surface area contributed by atoms with E-state index < -0.39 is 0 Å². The fourth-order valence-electron chi connectivity index (χ4n) is 1.86. The predicted molar refractivity (Wildman–Crippen MR) is 70.7 cm³/mol. The highest BCUT2D eigenvalue weighted by atomic mass is 19.1. The number of hydrogen-bond acceptors (Lipinski definition) is 2. The van der Waals surface area contributed by atoms with Gasteiger partial charge < -0.3 is 10.6 Å². The molecule has 0 saturated heterocycles. The number of benzene rings is 1. The Kier molecular flexibility index (Phi) is 5.78. The van der Waals surface area contributed by atoms with Gasteiger partial charge in [-0.25, -0.2) is 4.39 Å². The number of hydrogen-bond donors (Lipinski definition) is 2. The molecule has 1 rings (SSSR count). The van der Waals surface area contributed by atoms with Crippen molar-refractivity contribution in [1.29, 1.82) is 0 Å². The van der Waals surface area contributed by atoms with Gasteiger partial charge in [0.15, 0.2) is 0 Å². The quantitative estimate of drug-likeness (QED) is 0.816. The van der Waals surface area contributed by atoms with Crippen molar-refractivity contribution in [3.05, 3.63) is 35.6 Å². The Hall–Kier alpha value is -1.42. The summed E-state index contributed by atoms with van der Waals surface area (Å²) in [4.78, 5) is 11.8. The molecule has 3 nitrogen and oxygen atoms in total. The van der Waals surface area contributed by atoms with Crippen LogP contribution < -0.4 is 10.6 Å². The lowest BCUT2D eigenvalue weighted by Gasteiger charge is -2.17. The molecule has 0 aliphatic carbocycles. The SMILES string of the molecule is CCNC(C)CC(=O)N[C@@H](C)c1cccc(F)c1. The van der Waals surface area contributed by atoms with Crippen LogP contribution in [-0.4, -0.2) is 18.5 Å². The molecule has 0 aliphatic rings. The first-order valence-corrected chi connectivity index (χ1v) is 6.31. The Labute approximate surface area is 108 Å². The Morgan fingerprint density at radius 3 is 2.72 bits per heavy atom. The van der Waals surface area contributed by atoms with E-state index >= 15 is 0 Å². The third-order valence-corrected chi connectivity index (χ3v) is 2.77. The standard InChI is InChI=1S/C14H21FN2O/c1-4-16-10(2)8-14(18)17-11(3)12-6-5-7-13(15)9-12/h5-7,9-11,16H,4,8H2,1-3H3,(H,17,18)/t10?,11-/m0/s1. The summed E-state index contributed by atoms with van der Waals surface area (Å²) in [5, 5.41) is 6.04. The van der Waals surface area contributed by atoms with Crippen molar-refractivity contribution in [3.8, 4) is 0 Å². The lowest BCUT2D eigenvalue weighted by molar-refractivity contribution is -0.122. The van der Waals surface area contributed by atoms with Crippen molar-refractivity contribution in [2.45, 2.75) is 39.3 Å². The molecule has 0 spiro atoms. The molecule has 1 aromatic rings. The second-order valence-electron chi connectivity index (χ2n) is 4.51. The Morgan fingerprint density at radius 2 is 2.11 bits per heavy atom. The summed E-state index contributed by atoms with van der Waals surface area (Å²) in [6, 6.07) is 6.26. The van der Waals surface area contributed by atoms with E-state index in [4.69, 9.17) is 0 Å². The second-order valence-corrected chi connectivity index (χ2v) is 4.51. The van der Waals surface area contributed by atoms with Crippen molar-refractivity contribution in [2.24, 2.45) is 0 Å². The number of rotatable bonds is 6.